The van der Waals surface area contributed by atoms with Crippen LogP contribution >= 0.6 is 15.9 Å². The third kappa shape index (κ3) is 4.51. The van der Waals surface area contributed by atoms with Gasteiger partial charge in [0.05, 0.1) is 18.3 Å². The van der Waals surface area contributed by atoms with Gasteiger partial charge in [-0.2, -0.15) is 0 Å². The molecule has 1 amide bonds. The Morgan fingerprint density at radius 1 is 1.47 bits per heavy atom. The highest BCUT2D eigenvalue weighted by Gasteiger charge is 2.13. The molecule has 1 atom stereocenters. The molecule has 0 aliphatic heterocycles. The Balaban J connectivity index is 2.89. The summed E-state index contributed by atoms with van der Waals surface area (Å²) in [6.45, 7) is 7.35. The monoisotopic (exact) mass is 328 g/mol. The number of carbonyl (C=O) groups is 1. The summed E-state index contributed by atoms with van der Waals surface area (Å²) in [5.74, 6) is 0.0100. The topological polar surface area (TPSA) is 52.6 Å². The number of hydrogen-bond donors (Lipinski definition) is 2. The van der Waals surface area contributed by atoms with E-state index in [1.807, 2.05) is 36.9 Å². The molecule has 1 unspecified atom stereocenters. The van der Waals surface area contributed by atoms with Gasteiger partial charge in [0.2, 0.25) is 5.91 Å². The number of hydrogen-bond acceptors (Lipinski definition) is 3. The summed E-state index contributed by atoms with van der Waals surface area (Å²) in [6.07, 6.45) is -0.496. The van der Waals surface area contributed by atoms with Gasteiger partial charge in [0.1, 0.15) is 0 Å². The minimum Gasteiger partial charge on any atom is -0.389 e. The fraction of sp³-hybridized carbons (Fsp3) is 0.500. The molecule has 2 N–H and O–H groups in total. The number of amides is 1. The van der Waals surface area contributed by atoms with Crippen molar-refractivity contribution in [1.82, 2.24) is 5.32 Å². The number of benzene rings is 1. The van der Waals surface area contributed by atoms with Crippen LogP contribution in [0.5, 0.6) is 0 Å². The maximum absolute atomic E-state index is 11.7. The first-order chi connectivity index (χ1) is 8.99. The van der Waals surface area contributed by atoms with Crippen LogP contribution in [-0.2, 0) is 4.79 Å². The number of aliphatic hydroxyl groups is 1. The summed E-state index contributed by atoms with van der Waals surface area (Å²) in [5, 5.41) is 12.3. The van der Waals surface area contributed by atoms with Gasteiger partial charge in [-0.3, -0.25) is 4.79 Å². The average molecular weight is 329 g/mol. The Morgan fingerprint density at radius 3 is 2.63 bits per heavy atom. The average Bonchev–Trinajstić information content (AvgIpc) is 2.36. The molecule has 19 heavy (non-hydrogen) atoms. The molecule has 0 aliphatic carbocycles. The van der Waals surface area contributed by atoms with E-state index in [2.05, 4.69) is 21.2 Å². The van der Waals surface area contributed by atoms with Crippen LogP contribution in [0.25, 0.3) is 0 Å². The van der Waals surface area contributed by atoms with Gasteiger partial charge < -0.3 is 15.3 Å². The molecule has 0 heterocycles. The number of halogens is 1. The van der Waals surface area contributed by atoms with Crippen molar-refractivity contribution in [3.63, 3.8) is 0 Å². The molecule has 1 aromatic carbocycles. The number of anilines is 1. The summed E-state index contributed by atoms with van der Waals surface area (Å²) in [7, 11) is 0. The van der Waals surface area contributed by atoms with Crippen LogP contribution < -0.4 is 10.2 Å². The first kappa shape index (κ1) is 16.0. The van der Waals surface area contributed by atoms with Gasteiger partial charge in [-0.05, 0) is 54.4 Å². The molecule has 5 heteroatoms. The fourth-order valence-electron chi connectivity index (χ4n) is 1.83. The van der Waals surface area contributed by atoms with Crippen LogP contribution in [0.1, 0.15) is 32.4 Å². The van der Waals surface area contributed by atoms with Crippen LogP contribution in [-0.4, -0.2) is 30.6 Å². The van der Waals surface area contributed by atoms with Crippen molar-refractivity contribution in [3.05, 3.63) is 28.2 Å². The maximum atomic E-state index is 11.7. The molecule has 0 saturated heterocycles. The molecular weight excluding hydrogens is 308 g/mol. The molecule has 0 aromatic heterocycles. The maximum Gasteiger partial charge on any atom is 0.239 e. The number of nitrogens with one attached hydrogen (secondary N) is 1. The van der Waals surface area contributed by atoms with E-state index in [4.69, 9.17) is 0 Å². The van der Waals surface area contributed by atoms with Gasteiger partial charge >= 0.3 is 0 Å². The number of likely N-dealkylation sites (N-methyl/N-ethyl adjacent to an activating group) is 2. The standard InChI is InChI=1S/C14H21BrN2O2/c1-4-16-14(19)9-17(5-2)13-7-6-11(10(3)18)8-12(13)15/h6-8,10,18H,4-5,9H2,1-3H3,(H,16,19). The van der Waals surface area contributed by atoms with Gasteiger partial charge in [0, 0.05) is 17.6 Å². The molecule has 0 spiro atoms. The second kappa shape index (κ2) is 7.50. The molecule has 1 aromatic rings. The van der Waals surface area contributed by atoms with E-state index in [1.165, 1.54) is 0 Å². The molecule has 0 bridgehead atoms. The zero-order chi connectivity index (χ0) is 14.4. The van der Waals surface area contributed by atoms with Crippen LogP contribution in [0.4, 0.5) is 5.69 Å². The highest BCUT2D eigenvalue weighted by Crippen LogP contribution is 2.29. The van der Waals surface area contributed by atoms with Crippen LogP contribution in [0.15, 0.2) is 22.7 Å². The van der Waals surface area contributed by atoms with Gasteiger partial charge in [-0.15, -0.1) is 0 Å². The SMILES string of the molecule is CCNC(=O)CN(CC)c1ccc(C(C)O)cc1Br. The van der Waals surface area contributed by atoms with E-state index in [0.29, 0.717) is 13.1 Å². The van der Waals surface area contributed by atoms with Gasteiger partial charge in [-0.1, -0.05) is 6.07 Å². The Hall–Kier alpha value is -1.07. The number of nitrogens with zero attached hydrogens (tertiary/aromatic N) is 1. The number of carbonyl (C=O) groups excluding carboxylic acids is 1. The summed E-state index contributed by atoms with van der Waals surface area (Å²) in [4.78, 5) is 13.7. The smallest absolute Gasteiger partial charge is 0.239 e. The zero-order valence-corrected chi connectivity index (χ0v) is 13.2. The molecule has 106 valence electrons. The molecule has 0 radical (unpaired) electrons. The Labute approximate surface area is 122 Å². The summed E-state index contributed by atoms with van der Waals surface area (Å²) < 4.78 is 0.886. The molecule has 0 saturated carbocycles. The summed E-state index contributed by atoms with van der Waals surface area (Å²) >= 11 is 3.50. The van der Waals surface area contributed by atoms with Gasteiger partial charge in [0.25, 0.3) is 0 Å². The third-order valence-electron chi connectivity index (χ3n) is 2.88. The van der Waals surface area contributed by atoms with Crippen LogP contribution in [0.2, 0.25) is 0 Å². The highest BCUT2D eigenvalue weighted by atomic mass is 79.9. The lowest BCUT2D eigenvalue weighted by molar-refractivity contribution is -0.119. The predicted molar refractivity (Wildman–Crippen MR) is 81.3 cm³/mol. The lowest BCUT2D eigenvalue weighted by Crippen LogP contribution is -2.37. The van der Waals surface area contributed by atoms with Crippen molar-refractivity contribution >= 4 is 27.5 Å². The zero-order valence-electron chi connectivity index (χ0n) is 11.6. The third-order valence-corrected chi connectivity index (χ3v) is 3.52. The first-order valence-electron chi connectivity index (χ1n) is 6.48. The second-order valence-corrected chi connectivity index (χ2v) is 5.21. The van der Waals surface area contributed by atoms with Crippen LogP contribution in [0, 0.1) is 0 Å². The van der Waals surface area contributed by atoms with E-state index in [1.54, 1.807) is 6.92 Å². The molecule has 0 aliphatic rings. The van der Waals surface area contributed by atoms with E-state index in [9.17, 15) is 9.90 Å². The molecule has 4 nitrogen and oxygen atoms in total. The minimum atomic E-state index is -0.496. The minimum absolute atomic E-state index is 0.0100. The predicted octanol–water partition coefficient (Wildman–Crippen LogP) is 2.46. The van der Waals surface area contributed by atoms with E-state index in [0.717, 1.165) is 22.3 Å². The van der Waals surface area contributed by atoms with Crippen molar-refractivity contribution in [3.8, 4) is 0 Å². The van der Waals surface area contributed by atoms with Crippen LogP contribution in [0.3, 0.4) is 0 Å². The van der Waals surface area contributed by atoms with E-state index in [-0.39, 0.29) is 5.91 Å². The Morgan fingerprint density at radius 2 is 2.16 bits per heavy atom. The van der Waals surface area contributed by atoms with Crippen molar-refractivity contribution in [1.29, 1.82) is 0 Å². The van der Waals surface area contributed by atoms with Crippen molar-refractivity contribution < 1.29 is 9.90 Å². The number of aliphatic hydroxyl groups excluding tert-OH is 1. The van der Waals surface area contributed by atoms with Crippen molar-refractivity contribution in [2.24, 2.45) is 0 Å². The van der Waals surface area contributed by atoms with E-state index < -0.39 is 6.10 Å². The summed E-state index contributed by atoms with van der Waals surface area (Å²) in [5.41, 5.74) is 1.81. The molecule has 1 rings (SSSR count). The Bertz CT molecular complexity index is 435. The highest BCUT2D eigenvalue weighted by molar-refractivity contribution is 9.10. The molecule has 0 fully saturated rings. The fourth-order valence-corrected chi connectivity index (χ4v) is 2.48. The van der Waals surface area contributed by atoms with Crippen molar-refractivity contribution in [2.75, 3.05) is 24.5 Å². The summed E-state index contributed by atoms with van der Waals surface area (Å²) in [6, 6.07) is 5.69. The second-order valence-electron chi connectivity index (χ2n) is 4.35. The number of rotatable bonds is 6. The van der Waals surface area contributed by atoms with Gasteiger partial charge in [-0.25, -0.2) is 0 Å². The van der Waals surface area contributed by atoms with Gasteiger partial charge in [0.15, 0.2) is 0 Å². The van der Waals surface area contributed by atoms with Crippen molar-refractivity contribution in [2.45, 2.75) is 26.9 Å². The Kier molecular flexibility index (Phi) is 6.31. The lowest BCUT2D eigenvalue weighted by atomic mass is 10.1. The normalized spacial score (nSPS) is 12.1. The lowest BCUT2D eigenvalue weighted by Gasteiger charge is -2.24. The first-order valence-corrected chi connectivity index (χ1v) is 7.28. The van der Waals surface area contributed by atoms with E-state index >= 15 is 0 Å². The largest absolute Gasteiger partial charge is 0.389 e. The quantitative estimate of drug-likeness (QED) is 0.843. The molecular formula is C14H21BrN2O2.